The van der Waals surface area contributed by atoms with Crippen LogP contribution >= 0.6 is 23.2 Å². The monoisotopic (exact) mass is 318 g/mol. The number of halogens is 2. The number of carboxylic acids is 1. The van der Waals surface area contributed by atoms with Crippen LogP contribution in [0.2, 0.25) is 10.0 Å². The van der Waals surface area contributed by atoms with Gasteiger partial charge in [-0.25, -0.2) is 4.79 Å². The van der Waals surface area contributed by atoms with Crippen molar-refractivity contribution in [3.63, 3.8) is 0 Å². The van der Waals surface area contributed by atoms with Gasteiger partial charge in [0.2, 0.25) is 0 Å². The zero-order valence-corrected chi connectivity index (χ0v) is 12.5. The van der Waals surface area contributed by atoms with Gasteiger partial charge in [-0.15, -0.1) is 0 Å². The molecule has 3 N–H and O–H groups in total. The molecule has 5 nitrogen and oxygen atoms in total. The number of nitrogens with one attached hydrogen (secondary N) is 2. The van der Waals surface area contributed by atoms with E-state index in [9.17, 15) is 9.59 Å². The van der Waals surface area contributed by atoms with E-state index in [0.29, 0.717) is 23.7 Å². The van der Waals surface area contributed by atoms with Gasteiger partial charge in [0.15, 0.2) is 0 Å². The maximum absolute atomic E-state index is 11.7. The van der Waals surface area contributed by atoms with Crippen molar-refractivity contribution in [2.45, 2.75) is 19.8 Å². The van der Waals surface area contributed by atoms with E-state index in [-0.39, 0.29) is 17.4 Å². The van der Waals surface area contributed by atoms with E-state index >= 15 is 0 Å². The molecule has 0 aliphatic heterocycles. The Kier molecular flexibility index (Phi) is 6.61. The van der Waals surface area contributed by atoms with E-state index in [4.69, 9.17) is 28.3 Å². The molecule has 1 aromatic carbocycles. The maximum Gasteiger partial charge on any atom is 0.319 e. The van der Waals surface area contributed by atoms with Crippen molar-refractivity contribution in [3.8, 4) is 0 Å². The van der Waals surface area contributed by atoms with Crippen LogP contribution in [0.15, 0.2) is 18.2 Å². The number of carbonyl (C=O) groups is 2. The molecule has 1 unspecified atom stereocenters. The van der Waals surface area contributed by atoms with E-state index in [0.717, 1.165) is 0 Å². The van der Waals surface area contributed by atoms with Gasteiger partial charge < -0.3 is 15.7 Å². The first-order valence-electron chi connectivity index (χ1n) is 6.10. The Morgan fingerprint density at radius 3 is 2.70 bits per heavy atom. The number of amides is 2. The third-order valence-electron chi connectivity index (χ3n) is 2.66. The van der Waals surface area contributed by atoms with Crippen molar-refractivity contribution in [2.75, 3.05) is 11.9 Å². The van der Waals surface area contributed by atoms with Crippen LogP contribution in [0.1, 0.15) is 19.8 Å². The summed E-state index contributed by atoms with van der Waals surface area (Å²) in [6.07, 6.45) is 0.595. The van der Waals surface area contributed by atoms with E-state index < -0.39 is 12.0 Å². The van der Waals surface area contributed by atoms with Crippen molar-refractivity contribution < 1.29 is 14.7 Å². The molecule has 0 aliphatic carbocycles. The largest absolute Gasteiger partial charge is 0.481 e. The first-order valence-corrected chi connectivity index (χ1v) is 6.86. The molecule has 110 valence electrons. The summed E-state index contributed by atoms with van der Waals surface area (Å²) in [6.45, 7) is 2.26. The van der Waals surface area contributed by atoms with Crippen molar-refractivity contribution in [3.05, 3.63) is 28.2 Å². The molecule has 1 aromatic rings. The number of rotatable bonds is 6. The summed E-state index contributed by atoms with van der Waals surface area (Å²) in [5.41, 5.74) is 0.426. The van der Waals surface area contributed by atoms with E-state index in [1.807, 2.05) is 6.92 Å². The van der Waals surface area contributed by atoms with E-state index in [2.05, 4.69) is 10.6 Å². The molecular formula is C13H16Cl2N2O3. The number of carbonyl (C=O) groups excluding carboxylic acids is 1. The van der Waals surface area contributed by atoms with Crippen LogP contribution in [0.3, 0.4) is 0 Å². The van der Waals surface area contributed by atoms with Gasteiger partial charge in [0.05, 0.1) is 15.7 Å². The van der Waals surface area contributed by atoms with Crippen LogP contribution in [0, 0.1) is 5.92 Å². The van der Waals surface area contributed by atoms with Gasteiger partial charge in [-0.05, 0) is 24.5 Å². The van der Waals surface area contributed by atoms with E-state index in [1.54, 1.807) is 18.2 Å². The first kappa shape index (κ1) is 16.6. The van der Waals surface area contributed by atoms with Crippen molar-refractivity contribution in [1.82, 2.24) is 5.32 Å². The summed E-state index contributed by atoms with van der Waals surface area (Å²) in [4.78, 5) is 22.1. The summed E-state index contributed by atoms with van der Waals surface area (Å²) >= 11 is 11.8. The minimum Gasteiger partial charge on any atom is -0.481 e. The number of hydrogen-bond acceptors (Lipinski definition) is 2. The molecular weight excluding hydrogens is 303 g/mol. The van der Waals surface area contributed by atoms with E-state index in [1.165, 1.54) is 0 Å². The second-order valence-electron chi connectivity index (χ2n) is 4.47. The zero-order chi connectivity index (χ0) is 15.1. The highest BCUT2D eigenvalue weighted by Gasteiger charge is 2.10. The van der Waals surface area contributed by atoms with Crippen molar-refractivity contribution in [1.29, 1.82) is 0 Å². The Hall–Kier alpha value is -1.46. The highest BCUT2D eigenvalue weighted by atomic mass is 35.5. The number of anilines is 1. The molecule has 0 saturated carbocycles. The van der Waals surface area contributed by atoms with Crippen LogP contribution in [0.25, 0.3) is 0 Å². The molecule has 20 heavy (non-hydrogen) atoms. The van der Waals surface area contributed by atoms with Gasteiger partial charge >= 0.3 is 12.0 Å². The lowest BCUT2D eigenvalue weighted by atomic mass is 10.1. The second-order valence-corrected chi connectivity index (χ2v) is 5.26. The summed E-state index contributed by atoms with van der Waals surface area (Å²) in [5.74, 6) is -0.765. The highest BCUT2D eigenvalue weighted by molar-refractivity contribution is 6.43. The van der Waals surface area contributed by atoms with Crippen LogP contribution < -0.4 is 10.6 Å². The fraction of sp³-hybridized carbons (Fsp3) is 0.385. The Labute approximate surface area is 127 Å². The van der Waals surface area contributed by atoms with Crippen LogP contribution in [-0.2, 0) is 4.79 Å². The molecule has 1 atom stereocenters. The average molecular weight is 319 g/mol. The molecule has 0 heterocycles. The number of benzene rings is 1. The molecule has 0 spiro atoms. The summed E-state index contributed by atoms with van der Waals surface area (Å²) < 4.78 is 0. The third-order valence-corrected chi connectivity index (χ3v) is 3.48. The SMILES string of the molecule is CC(CCC(=O)O)CNC(=O)Nc1cccc(Cl)c1Cl. The molecule has 0 radical (unpaired) electrons. The highest BCUT2D eigenvalue weighted by Crippen LogP contribution is 2.29. The predicted molar refractivity (Wildman–Crippen MR) is 79.5 cm³/mol. The van der Waals surface area contributed by atoms with Gasteiger partial charge in [-0.2, -0.15) is 0 Å². The van der Waals surface area contributed by atoms with Crippen molar-refractivity contribution >= 4 is 40.9 Å². The molecule has 0 aliphatic rings. The minimum absolute atomic E-state index is 0.0756. The van der Waals surface area contributed by atoms with Gasteiger partial charge in [-0.3, -0.25) is 4.79 Å². The third kappa shape index (κ3) is 5.67. The zero-order valence-electron chi connectivity index (χ0n) is 11.0. The quantitative estimate of drug-likeness (QED) is 0.749. The van der Waals surface area contributed by atoms with Gasteiger partial charge in [0.1, 0.15) is 0 Å². The maximum atomic E-state index is 11.7. The molecule has 7 heteroatoms. The van der Waals surface area contributed by atoms with Crippen LogP contribution in [0.4, 0.5) is 10.5 Å². The fourth-order valence-electron chi connectivity index (χ4n) is 1.51. The number of carboxylic acid groups (broad SMARTS) is 1. The molecule has 0 fully saturated rings. The Morgan fingerprint density at radius 2 is 2.05 bits per heavy atom. The van der Waals surface area contributed by atoms with Gasteiger partial charge in [-0.1, -0.05) is 36.2 Å². The Bertz CT molecular complexity index is 495. The summed E-state index contributed by atoms with van der Waals surface area (Å²) in [6, 6.07) is 4.54. The van der Waals surface area contributed by atoms with Crippen LogP contribution in [-0.4, -0.2) is 23.7 Å². The predicted octanol–water partition coefficient (Wildman–Crippen LogP) is 3.62. The summed E-state index contributed by atoms with van der Waals surface area (Å²) in [7, 11) is 0. The summed E-state index contributed by atoms with van der Waals surface area (Å²) in [5, 5.41) is 14.5. The molecule has 1 rings (SSSR count). The smallest absolute Gasteiger partial charge is 0.319 e. The lowest BCUT2D eigenvalue weighted by molar-refractivity contribution is -0.137. The topological polar surface area (TPSA) is 78.4 Å². The van der Waals surface area contributed by atoms with Crippen molar-refractivity contribution in [2.24, 2.45) is 5.92 Å². The molecule has 0 aromatic heterocycles. The second kappa shape index (κ2) is 7.97. The molecule has 2 amide bonds. The lowest BCUT2D eigenvalue weighted by Gasteiger charge is -2.13. The Morgan fingerprint density at radius 1 is 1.35 bits per heavy atom. The Balaban J connectivity index is 2.40. The van der Waals surface area contributed by atoms with Gasteiger partial charge in [0.25, 0.3) is 0 Å². The van der Waals surface area contributed by atoms with Crippen LogP contribution in [0.5, 0.6) is 0 Å². The average Bonchev–Trinajstić information content (AvgIpc) is 2.39. The first-order chi connectivity index (χ1) is 9.40. The number of aliphatic carboxylic acids is 1. The fourth-order valence-corrected chi connectivity index (χ4v) is 1.85. The minimum atomic E-state index is -0.841. The molecule has 0 bridgehead atoms. The lowest BCUT2D eigenvalue weighted by Crippen LogP contribution is -2.32. The standard InChI is InChI=1S/C13H16Cl2N2O3/c1-8(5-6-11(18)19)7-16-13(20)17-10-4-2-3-9(14)12(10)15/h2-4,8H,5-7H2,1H3,(H,18,19)(H2,16,17,20). The normalized spacial score (nSPS) is 11.8. The molecule has 0 saturated heterocycles. The number of hydrogen-bond donors (Lipinski definition) is 3. The van der Waals surface area contributed by atoms with Gasteiger partial charge in [0, 0.05) is 13.0 Å². The number of urea groups is 1.